The Morgan fingerprint density at radius 2 is 1.77 bits per heavy atom. The van der Waals surface area contributed by atoms with E-state index in [0.29, 0.717) is 13.0 Å². The average molecular weight is 375 g/mol. The van der Waals surface area contributed by atoms with E-state index in [4.69, 9.17) is 11.6 Å². The molecule has 0 aliphatic carbocycles. The zero-order valence-corrected chi connectivity index (χ0v) is 15.0. The normalized spacial score (nSPS) is 10.1. The fourth-order valence-electron chi connectivity index (χ4n) is 2.26. The number of esters is 1. The molecule has 2 aromatic rings. The molecule has 0 atom stereocenters. The van der Waals surface area contributed by atoms with Crippen LogP contribution in [0.15, 0.2) is 48.5 Å². The number of ether oxygens (including phenoxy) is 1. The topological polar surface area (TPSA) is 84.5 Å². The highest BCUT2D eigenvalue weighted by molar-refractivity contribution is 6.34. The SMILES string of the molecule is COC(=O)c1ccc(Cl)c(NC(=O)CC(=O)NCCc2ccccc2)c1. The van der Waals surface area contributed by atoms with Crippen LogP contribution in [0.25, 0.3) is 0 Å². The number of carbonyl (C=O) groups excluding carboxylic acids is 3. The molecule has 2 amide bonds. The van der Waals surface area contributed by atoms with E-state index in [1.54, 1.807) is 0 Å². The summed E-state index contributed by atoms with van der Waals surface area (Å²) in [5.74, 6) is -1.46. The van der Waals surface area contributed by atoms with Crippen molar-refractivity contribution in [3.63, 3.8) is 0 Å². The third kappa shape index (κ3) is 5.89. The van der Waals surface area contributed by atoms with Crippen LogP contribution in [0, 0.1) is 0 Å². The van der Waals surface area contributed by atoms with E-state index < -0.39 is 17.8 Å². The van der Waals surface area contributed by atoms with E-state index in [1.165, 1.54) is 25.3 Å². The number of amides is 2. The summed E-state index contributed by atoms with van der Waals surface area (Å²) in [4.78, 5) is 35.4. The summed E-state index contributed by atoms with van der Waals surface area (Å²) in [5.41, 5.74) is 1.60. The number of benzene rings is 2. The molecule has 0 aromatic heterocycles. The van der Waals surface area contributed by atoms with Gasteiger partial charge in [-0.3, -0.25) is 9.59 Å². The molecule has 0 unspecified atom stereocenters. The van der Waals surface area contributed by atoms with Crippen molar-refractivity contribution in [2.45, 2.75) is 12.8 Å². The highest BCUT2D eigenvalue weighted by Gasteiger charge is 2.13. The molecule has 0 fully saturated rings. The molecule has 2 N–H and O–H groups in total. The summed E-state index contributed by atoms with van der Waals surface area (Å²) in [6, 6.07) is 14.1. The molecule has 0 spiro atoms. The molecule has 7 heteroatoms. The van der Waals surface area contributed by atoms with Crippen LogP contribution in [0.5, 0.6) is 0 Å². The maximum atomic E-state index is 12.0. The number of nitrogens with one attached hydrogen (secondary N) is 2. The van der Waals surface area contributed by atoms with Gasteiger partial charge < -0.3 is 15.4 Å². The first-order chi connectivity index (χ1) is 12.5. The van der Waals surface area contributed by atoms with Crippen LogP contribution in [0.1, 0.15) is 22.3 Å². The number of methoxy groups -OCH3 is 1. The second-order valence-electron chi connectivity index (χ2n) is 5.50. The number of carbonyl (C=O) groups is 3. The van der Waals surface area contributed by atoms with Crippen LogP contribution < -0.4 is 10.6 Å². The fraction of sp³-hybridized carbons (Fsp3) is 0.211. The minimum absolute atomic E-state index is 0.247. The molecule has 2 rings (SSSR count). The molecule has 0 saturated heterocycles. The van der Waals surface area contributed by atoms with Crippen molar-refractivity contribution in [1.29, 1.82) is 0 Å². The summed E-state index contributed by atoms with van der Waals surface area (Å²) in [6.07, 6.45) is 0.342. The van der Waals surface area contributed by atoms with Crippen LogP contribution >= 0.6 is 11.6 Å². The van der Waals surface area contributed by atoms with E-state index in [2.05, 4.69) is 15.4 Å². The Hall–Kier alpha value is -2.86. The van der Waals surface area contributed by atoms with Crippen molar-refractivity contribution in [2.75, 3.05) is 19.0 Å². The van der Waals surface area contributed by atoms with E-state index in [0.717, 1.165) is 5.56 Å². The van der Waals surface area contributed by atoms with Gasteiger partial charge in [0.2, 0.25) is 11.8 Å². The van der Waals surface area contributed by atoms with Crippen molar-refractivity contribution in [3.8, 4) is 0 Å². The van der Waals surface area contributed by atoms with Gasteiger partial charge in [-0.2, -0.15) is 0 Å². The first-order valence-electron chi connectivity index (χ1n) is 7.98. The van der Waals surface area contributed by atoms with Gasteiger partial charge in [0.05, 0.1) is 23.4 Å². The summed E-state index contributed by atoms with van der Waals surface area (Å²) < 4.78 is 4.62. The van der Waals surface area contributed by atoms with Gasteiger partial charge in [-0.15, -0.1) is 0 Å². The zero-order valence-electron chi connectivity index (χ0n) is 14.3. The quantitative estimate of drug-likeness (QED) is 0.576. The number of anilines is 1. The molecule has 0 radical (unpaired) electrons. The van der Waals surface area contributed by atoms with Gasteiger partial charge in [-0.1, -0.05) is 41.9 Å². The second kappa shape index (κ2) is 9.58. The molecule has 136 valence electrons. The van der Waals surface area contributed by atoms with Gasteiger partial charge in [-0.25, -0.2) is 4.79 Å². The lowest BCUT2D eigenvalue weighted by molar-refractivity contribution is -0.126. The third-order valence-electron chi connectivity index (χ3n) is 3.56. The average Bonchev–Trinajstić information content (AvgIpc) is 2.63. The Balaban J connectivity index is 1.84. The largest absolute Gasteiger partial charge is 0.465 e. The third-order valence-corrected chi connectivity index (χ3v) is 3.89. The minimum Gasteiger partial charge on any atom is -0.465 e. The van der Waals surface area contributed by atoms with Gasteiger partial charge >= 0.3 is 5.97 Å². The number of halogens is 1. The Kier molecular flexibility index (Phi) is 7.17. The number of hydrogen-bond acceptors (Lipinski definition) is 4. The van der Waals surface area contributed by atoms with Gasteiger partial charge in [0.25, 0.3) is 0 Å². The van der Waals surface area contributed by atoms with Gasteiger partial charge in [-0.05, 0) is 30.2 Å². The summed E-state index contributed by atoms with van der Waals surface area (Å²) in [5, 5.41) is 5.48. The Morgan fingerprint density at radius 1 is 1.04 bits per heavy atom. The predicted molar refractivity (Wildman–Crippen MR) is 99.2 cm³/mol. The molecule has 26 heavy (non-hydrogen) atoms. The highest BCUT2D eigenvalue weighted by atomic mass is 35.5. The standard InChI is InChI=1S/C19H19ClN2O4/c1-26-19(25)14-7-8-15(20)16(11-14)22-18(24)12-17(23)21-10-9-13-5-3-2-4-6-13/h2-8,11H,9-10,12H2,1H3,(H,21,23)(H,22,24). The maximum absolute atomic E-state index is 12.0. The van der Waals surface area contributed by atoms with Gasteiger partial charge in [0.1, 0.15) is 6.42 Å². The van der Waals surface area contributed by atoms with E-state index in [-0.39, 0.29) is 22.7 Å². The minimum atomic E-state index is -0.546. The molecular formula is C19H19ClN2O4. The molecule has 0 heterocycles. The molecular weight excluding hydrogens is 356 g/mol. The summed E-state index contributed by atoms with van der Waals surface area (Å²) in [6.45, 7) is 0.439. The van der Waals surface area contributed by atoms with Crippen LogP contribution in [0.4, 0.5) is 5.69 Å². The lowest BCUT2D eigenvalue weighted by atomic mass is 10.1. The molecule has 0 aliphatic rings. The van der Waals surface area contributed by atoms with E-state index in [9.17, 15) is 14.4 Å². The summed E-state index contributed by atoms with van der Waals surface area (Å²) in [7, 11) is 1.26. The van der Waals surface area contributed by atoms with E-state index >= 15 is 0 Å². The predicted octanol–water partition coefficient (Wildman–Crippen LogP) is 2.81. The fourth-order valence-corrected chi connectivity index (χ4v) is 2.42. The van der Waals surface area contributed by atoms with Crippen LogP contribution in [-0.4, -0.2) is 31.4 Å². The Bertz CT molecular complexity index is 793. The molecule has 0 aliphatic heterocycles. The lowest BCUT2D eigenvalue weighted by Gasteiger charge is -2.09. The zero-order chi connectivity index (χ0) is 18.9. The summed E-state index contributed by atoms with van der Waals surface area (Å²) >= 11 is 6.01. The van der Waals surface area contributed by atoms with Crippen LogP contribution in [-0.2, 0) is 20.7 Å². The number of rotatable bonds is 7. The molecule has 2 aromatic carbocycles. The van der Waals surface area contributed by atoms with Crippen molar-refractivity contribution in [2.24, 2.45) is 0 Å². The van der Waals surface area contributed by atoms with Crippen LogP contribution in [0.3, 0.4) is 0 Å². The first-order valence-corrected chi connectivity index (χ1v) is 8.35. The first kappa shape index (κ1) is 19.5. The Morgan fingerprint density at radius 3 is 2.46 bits per heavy atom. The van der Waals surface area contributed by atoms with Crippen molar-refractivity contribution >= 4 is 35.1 Å². The van der Waals surface area contributed by atoms with E-state index in [1.807, 2.05) is 30.3 Å². The number of hydrogen-bond donors (Lipinski definition) is 2. The van der Waals surface area contributed by atoms with Crippen molar-refractivity contribution in [1.82, 2.24) is 5.32 Å². The lowest BCUT2D eigenvalue weighted by Crippen LogP contribution is -2.29. The molecule has 0 bridgehead atoms. The molecule has 6 nitrogen and oxygen atoms in total. The highest BCUT2D eigenvalue weighted by Crippen LogP contribution is 2.23. The second-order valence-corrected chi connectivity index (χ2v) is 5.90. The van der Waals surface area contributed by atoms with Crippen molar-refractivity contribution in [3.05, 3.63) is 64.7 Å². The molecule has 0 saturated carbocycles. The van der Waals surface area contributed by atoms with Gasteiger partial charge in [0.15, 0.2) is 0 Å². The van der Waals surface area contributed by atoms with Crippen molar-refractivity contribution < 1.29 is 19.1 Å². The Labute approximate surface area is 156 Å². The monoisotopic (exact) mass is 374 g/mol. The van der Waals surface area contributed by atoms with Gasteiger partial charge in [0, 0.05) is 6.54 Å². The smallest absolute Gasteiger partial charge is 0.337 e. The maximum Gasteiger partial charge on any atom is 0.337 e. The van der Waals surface area contributed by atoms with Crippen LogP contribution in [0.2, 0.25) is 5.02 Å².